The molecule has 4 heteroatoms. The van der Waals surface area contributed by atoms with Gasteiger partial charge >= 0.3 is 0 Å². The van der Waals surface area contributed by atoms with Crippen LogP contribution in [0, 0.1) is 0 Å². The van der Waals surface area contributed by atoms with E-state index in [-0.39, 0.29) is 0 Å². The van der Waals surface area contributed by atoms with Crippen molar-refractivity contribution in [2.24, 2.45) is 0 Å². The molecule has 0 aliphatic carbocycles. The van der Waals surface area contributed by atoms with Gasteiger partial charge < -0.3 is 5.32 Å². The summed E-state index contributed by atoms with van der Waals surface area (Å²) in [5.74, 6) is 0. The molecule has 1 heterocycles. The van der Waals surface area contributed by atoms with Crippen LogP contribution in [0.1, 0.15) is 22.9 Å². The molecule has 0 atom stereocenters. The predicted molar refractivity (Wildman–Crippen MR) is 88.3 cm³/mol. The third-order valence-corrected chi connectivity index (χ3v) is 4.29. The van der Waals surface area contributed by atoms with Crippen molar-refractivity contribution in [3.05, 3.63) is 56.7 Å². The van der Waals surface area contributed by atoms with E-state index in [4.69, 9.17) is 11.6 Å². The Hall–Kier alpha value is -0.870. The van der Waals surface area contributed by atoms with Gasteiger partial charge in [0.1, 0.15) is 0 Å². The maximum Gasteiger partial charge on any atom is 0.0931 e. The summed E-state index contributed by atoms with van der Waals surface area (Å²) in [6, 6.07) is 12.8. The molecule has 0 fully saturated rings. The van der Waals surface area contributed by atoms with Crippen LogP contribution in [0.15, 0.2) is 36.4 Å². The minimum absolute atomic E-state index is 0.862. The first-order chi connectivity index (χ1) is 9.67. The molecule has 0 bridgehead atoms. The average Bonchev–Trinajstić information content (AvgIpc) is 2.82. The first kappa shape index (κ1) is 15.5. The molecule has 0 unspecified atom stereocenters. The first-order valence-electron chi connectivity index (χ1n) is 6.88. The second-order valence-electron chi connectivity index (χ2n) is 4.98. The number of thiophene rings is 1. The number of nitrogens with one attached hydrogen (secondary N) is 1. The van der Waals surface area contributed by atoms with E-state index in [1.165, 1.54) is 16.0 Å². The summed E-state index contributed by atoms with van der Waals surface area (Å²) in [6.45, 7) is 5.96. The highest BCUT2D eigenvalue weighted by atomic mass is 35.5. The Bertz CT molecular complexity index is 539. The van der Waals surface area contributed by atoms with E-state index in [0.29, 0.717) is 0 Å². The van der Waals surface area contributed by atoms with Gasteiger partial charge in [0, 0.05) is 24.5 Å². The molecule has 2 nitrogen and oxygen atoms in total. The minimum atomic E-state index is 0.862. The SMILES string of the molecule is CCNCc1cccc(CN(C)Cc2ccc(Cl)s2)c1. The fourth-order valence-corrected chi connectivity index (χ4v) is 3.35. The van der Waals surface area contributed by atoms with Gasteiger partial charge in [-0.15, -0.1) is 11.3 Å². The van der Waals surface area contributed by atoms with Gasteiger partial charge in [0.25, 0.3) is 0 Å². The van der Waals surface area contributed by atoms with E-state index >= 15 is 0 Å². The summed E-state index contributed by atoms with van der Waals surface area (Å²) in [7, 11) is 2.14. The zero-order chi connectivity index (χ0) is 14.4. The van der Waals surface area contributed by atoms with Gasteiger partial charge in [-0.25, -0.2) is 0 Å². The number of rotatable bonds is 7. The molecule has 2 aromatic rings. The highest BCUT2D eigenvalue weighted by Crippen LogP contribution is 2.22. The lowest BCUT2D eigenvalue weighted by molar-refractivity contribution is 0.322. The van der Waals surface area contributed by atoms with Crippen molar-refractivity contribution in [3.63, 3.8) is 0 Å². The Morgan fingerprint density at radius 3 is 2.65 bits per heavy atom. The van der Waals surface area contributed by atoms with E-state index in [9.17, 15) is 0 Å². The molecule has 0 aliphatic heterocycles. The van der Waals surface area contributed by atoms with Gasteiger partial charge in [-0.05, 0) is 36.9 Å². The van der Waals surface area contributed by atoms with Crippen molar-refractivity contribution >= 4 is 22.9 Å². The maximum atomic E-state index is 5.97. The normalized spacial score (nSPS) is 11.2. The topological polar surface area (TPSA) is 15.3 Å². The Kier molecular flexibility index (Phi) is 6.05. The lowest BCUT2D eigenvalue weighted by Crippen LogP contribution is -2.17. The van der Waals surface area contributed by atoms with Crippen molar-refractivity contribution < 1.29 is 0 Å². The smallest absolute Gasteiger partial charge is 0.0931 e. The molecule has 20 heavy (non-hydrogen) atoms. The van der Waals surface area contributed by atoms with Crippen molar-refractivity contribution in [2.75, 3.05) is 13.6 Å². The van der Waals surface area contributed by atoms with Crippen molar-refractivity contribution in [1.29, 1.82) is 0 Å². The van der Waals surface area contributed by atoms with Crippen molar-refractivity contribution in [3.8, 4) is 0 Å². The van der Waals surface area contributed by atoms with E-state index in [1.807, 2.05) is 6.07 Å². The zero-order valence-electron chi connectivity index (χ0n) is 12.0. The molecule has 0 spiro atoms. The highest BCUT2D eigenvalue weighted by Gasteiger charge is 2.05. The lowest BCUT2D eigenvalue weighted by Gasteiger charge is -2.16. The molecule has 2 rings (SSSR count). The molecule has 1 aromatic carbocycles. The van der Waals surface area contributed by atoms with E-state index in [0.717, 1.165) is 30.5 Å². The molecular formula is C16H21ClN2S. The third kappa shape index (κ3) is 4.91. The molecule has 0 saturated heterocycles. The molecular weight excluding hydrogens is 288 g/mol. The predicted octanol–water partition coefficient (Wildman–Crippen LogP) is 4.14. The maximum absolute atomic E-state index is 5.97. The number of benzene rings is 1. The van der Waals surface area contributed by atoms with Gasteiger partial charge in [-0.2, -0.15) is 0 Å². The average molecular weight is 309 g/mol. The molecule has 0 radical (unpaired) electrons. The fraction of sp³-hybridized carbons (Fsp3) is 0.375. The van der Waals surface area contributed by atoms with Crippen LogP contribution in [0.4, 0.5) is 0 Å². The van der Waals surface area contributed by atoms with Crippen LogP contribution in [0.2, 0.25) is 4.34 Å². The van der Waals surface area contributed by atoms with Crippen LogP contribution in [0.5, 0.6) is 0 Å². The Morgan fingerprint density at radius 1 is 1.15 bits per heavy atom. The van der Waals surface area contributed by atoms with Gasteiger partial charge in [0.2, 0.25) is 0 Å². The summed E-state index contributed by atoms with van der Waals surface area (Å²) >= 11 is 7.62. The van der Waals surface area contributed by atoms with Crippen molar-refractivity contribution in [2.45, 2.75) is 26.6 Å². The second-order valence-corrected chi connectivity index (χ2v) is 6.78. The quantitative estimate of drug-likeness (QED) is 0.827. The summed E-state index contributed by atoms with van der Waals surface area (Å²) in [5.41, 5.74) is 2.70. The van der Waals surface area contributed by atoms with Crippen LogP contribution in [-0.2, 0) is 19.6 Å². The van der Waals surface area contributed by atoms with Gasteiger partial charge in [-0.1, -0.05) is 42.8 Å². The zero-order valence-corrected chi connectivity index (χ0v) is 13.6. The summed E-state index contributed by atoms with van der Waals surface area (Å²) in [4.78, 5) is 3.62. The monoisotopic (exact) mass is 308 g/mol. The fourth-order valence-electron chi connectivity index (χ4n) is 2.18. The van der Waals surface area contributed by atoms with E-state index in [1.54, 1.807) is 11.3 Å². The summed E-state index contributed by atoms with van der Waals surface area (Å²) in [5, 5.41) is 3.36. The van der Waals surface area contributed by atoms with Crippen LogP contribution in [0.3, 0.4) is 0 Å². The number of hydrogen-bond donors (Lipinski definition) is 1. The van der Waals surface area contributed by atoms with Crippen LogP contribution >= 0.6 is 22.9 Å². The Labute approximate surface area is 130 Å². The lowest BCUT2D eigenvalue weighted by atomic mass is 10.1. The number of halogens is 1. The van der Waals surface area contributed by atoms with Crippen molar-refractivity contribution in [1.82, 2.24) is 10.2 Å². The standard InChI is InChI=1S/C16H21ClN2S/c1-3-18-10-13-5-4-6-14(9-13)11-19(2)12-15-7-8-16(17)20-15/h4-9,18H,3,10-12H2,1-2H3. The first-order valence-corrected chi connectivity index (χ1v) is 8.08. The summed E-state index contributed by atoms with van der Waals surface area (Å²) < 4.78 is 0.862. The second kappa shape index (κ2) is 7.79. The molecule has 1 aromatic heterocycles. The Balaban J connectivity index is 1.91. The van der Waals surface area contributed by atoms with E-state index in [2.05, 4.69) is 54.5 Å². The van der Waals surface area contributed by atoms with Crippen LogP contribution in [-0.4, -0.2) is 18.5 Å². The molecule has 1 N–H and O–H groups in total. The van der Waals surface area contributed by atoms with E-state index < -0.39 is 0 Å². The van der Waals surface area contributed by atoms with Gasteiger partial charge in [0.15, 0.2) is 0 Å². The number of nitrogens with zero attached hydrogens (tertiary/aromatic N) is 1. The van der Waals surface area contributed by atoms with Gasteiger partial charge in [-0.3, -0.25) is 4.90 Å². The van der Waals surface area contributed by atoms with Crippen LogP contribution in [0.25, 0.3) is 0 Å². The van der Waals surface area contributed by atoms with Crippen LogP contribution < -0.4 is 5.32 Å². The molecule has 0 amide bonds. The highest BCUT2D eigenvalue weighted by molar-refractivity contribution is 7.16. The number of hydrogen-bond acceptors (Lipinski definition) is 3. The largest absolute Gasteiger partial charge is 0.313 e. The Morgan fingerprint density at radius 2 is 1.95 bits per heavy atom. The van der Waals surface area contributed by atoms with Gasteiger partial charge in [0.05, 0.1) is 4.34 Å². The minimum Gasteiger partial charge on any atom is -0.313 e. The molecule has 0 aliphatic rings. The molecule has 0 saturated carbocycles. The third-order valence-electron chi connectivity index (χ3n) is 3.08. The summed E-state index contributed by atoms with van der Waals surface area (Å²) in [6.07, 6.45) is 0. The molecule has 108 valence electrons.